The highest BCUT2D eigenvalue weighted by Gasteiger charge is 2.27. The van der Waals surface area contributed by atoms with Gasteiger partial charge in [0, 0.05) is 25.2 Å². The number of aromatic nitrogens is 2. The molecule has 6 heteroatoms. The molecule has 1 heterocycles. The monoisotopic (exact) mass is 208 g/mol. The minimum absolute atomic E-state index is 0.128. The quantitative estimate of drug-likeness (QED) is 0.790. The topological polar surface area (TPSA) is 48.9 Å². The molecule has 0 spiro atoms. The Morgan fingerprint density at radius 1 is 1.50 bits per heavy atom. The Balaban J connectivity index is 2.26. The number of H-pyrrole nitrogens is 1. The third-order valence-electron chi connectivity index (χ3n) is 1.74. The predicted molar refractivity (Wildman–Crippen MR) is 43.6 cm³/mol. The summed E-state index contributed by atoms with van der Waals surface area (Å²) in [5.41, 5.74) is 0. The van der Waals surface area contributed by atoms with Crippen molar-refractivity contribution in [3.8, 4) is 0 Å². The van der Waals surface area contributed by atoms with Gasteiger partial charge < -0.3 is 10.1 Å². The van der Waals surface area contributed by atoms with Crippen LogP contribution in [-0.2, 0) is 6.42 Å². The van der Waals surface area contributed by atoms with Crippen molar-refractivity contribution in [1.29, 1.82) is 0 Å². The average Bonchev–Trinajstić information content (AvgIpc) is 2.52. The van der Waals surface area contributed by atoms with Crippen molar-refractivity contribution in [2.75, 3.05) is 0 Å². The molecule has 0 aliphatic heterocycles. The van der Waals surface area contributed by atoms with Gasteiger partial charge in [-0.2, -0.15) is 13.2 Å². The van der Waals surface area contributed by atoms with Crippen LogP contribution in [0.4, 0.5) is 13.2 Å². The summed E-state index contributed by atoms with van der Waals surface area (Å²) >= 11 is 0. The van der Waals surface area contributed by atoms with E-state index in [1.54, 1.807) is 6.20 Å². The van der Waals surface area contributed by atoms with Crippen LogP contribution in [0.1, 0.15) is 18.7 Å². The van der Waals surface area contributed by atoms with Gasteiger partial charge in [0.05, 0.1) is 6.10 Å². The molecule has 0 saturated heterocycles. The number of aliphatic hydroxyl groups is 1. The highest BCUT2D eigenvalue weighted by atomic mass is 19.4. The molecule has 0 fully saturated rings. The zero-order chi connectivity index (χ0) is 10.6. The van der Waals surface area contributed by atoms with Crippen LogP contribution in [0.25, 0.3) is 0 Å². The number of halogens is 3. The van der Waals surface area contributed by atoms with E-state index in [1.807, 2.05) is 0 Å². The zero-order valence-electron chi connectivity index (χ0n) is 7.38. The van der Waals surface area contributed by atoms with Crippen molar-refractivity contribution < 1.29 is 18.3 Å². The van der Waals surface area contributed by atoms with Crippen LogP contribution in [0.5, 0.6) is 0 Å². The van der Waals surface area contributed by atoms with Gasteiger partial charge in [-0.25, -0.2) is 4.98 Å². The molecule has 80 valence electrons. The van der Waals surface area contributed by atoms with Gasteiger partial charge in [0.15, 0.2) is 0 Å². The van der Waals surface area contributed by atoms with Crippen molar-refractivity contribution in [3.63, 3.8) is 0 Å². The smallest absolute Gasteiger partial charge is 0.389 e. The number of imidazole rings is 1. The lowest BCUT2D eigenvalue weighted by Crippen LogP contribution is -2.16. The molecule has 1 unspecified atom stereocenters. The first kappa shape index (κ1) is 11.0. The second-order valence-corrected chi connectivity index (χ2v) is 3.05. The maximum atomic E-state index is 11.8. The first-order valence-electron chi connectivity index (χ1n) is 4.20. The number of aromatic amines is 1. The van der Waals surface area contributed by atoms with Crippen LogP contribution in [0.2, 0.25) is 0 Å². The Kier molecular flexibility index (Phi) is 3.51. The molecule has 0 saturated carbocycles. The van der Waals surface area contributed by atoms with Crippen LogP contribution < -0.4 is 0 Å². The van der Waals surface area contributed by atoms with Crippen LogP contribution in [-0.4, -0.2) is 27.4 Å². The van der Waals surface area contributed by atoms with Gasteiger partial charge in [-0.15, -0.1) is 0 Å². The SMILES string of the molecule is OC(CCC(F)(F)F)Cc1ncc[nH]1. The van der Waals surface area contributed by atoms with Crippen LogP contribution in [0.15, 0.2) is 12.4 Å². The maximum absolute atomic E-state index is 11.8. The van der Waals surface area contributed by atoms with Crippen molar-refractivity contribution in [2.24, 2.45) is 0 Å². The van der Waals surface area contributed by atoms with E-state index in [1.165, 1.54) is 6.20 Å². The number of nitrogens with zero attached hydrogens (tertiary/aromatic N) is 1. The highest BCUT2D eigenvalue weighted by molar-refractivity contribution is 4.89. The predicted octanol–water partition coefficient (Wildman–Crippen LogP) is 1.66. The number of nitrogens with one attached hydrogen (secondary N) is 1. The van der Waals surface area contributed by atoms with Crippen molar-refractivity contribution in [1.82, 2.24) is 9.97 Å². The summed E-state index contributed by atoms with van der Waals surface area (Å²) in [5, 5.41) is 9.22. The molecule has 1 aromatic rings. The van der Waals surface area contributed by atoms with E-state index in [0.29, 0.717) is 5.82 Å². The van der Waals surface area contributed by atoms with E-state index >= 15 is 0 Å². The van der Waals surface area contributed by atoms with Crippen LogP contribution in [0.3, 0.4) is 0 Å². The fourth-order valence-corrected chi connectivity index (χ4v) is 1.07. The molecular weight excluding hydrogens is 197 g/mol. The maximum Gasteiger partial charge on any atom is 0.389 e. The first-order valence-corrected chi connectivity index (χ1v) is 4.20. The molecule has 0 aromatic carbocycles. The van der Waals surface area contributed by atoms with Crippen molar-refractivity contribution in [2.45, 2.75) is 31.5 Å². The van der Waals surface area contributed by atoms with E-state index in [4.69, 9.17) is 0 Å². The largest absolute Gasteiger partial charge is 0.393 e. The Labute approximate surface area is 79.0 Å². The Bertz CT molecular complexity index is 258. The van der Waals surface area contributed by atoms with Crippen LogP contribution >= 0.6 is 0 Å². The molecule has 3 nitrogen and oxygen atoms in total. The standard InChI is InChI=1S/C8H11F3N2O/c9-8(10,11)2-1-6(14)5-7-12-3-4-13-7/h3-4,6,14H,1-2,5H2,(H,12,13). The molecule has 2 N–H and O–H groups in total. The summed E-state index contributed by atoms with van der Waals surface area (Å²) in [6.07, 6.45) is -3.27. The van der Waals surface area contributed by atoms with Gasteiger partial charge >= 0.3 is 6.18 Å². The molecule has 0 aliphatic carbocycles. The summed E-state index contributed by atoms with van der Waals surface area (Å²) < 4.78 is 35.3. The second kappa shape index (κ2) is 4.45. The van der Waals surface area contributed by atoms with E-state index < -0.39 is 18.7 Å². The van der Waals surface area contributed by atoms with Gasteiger partial charge in [0.2, 0.25) is 0 Å². The van der Waals surface area contributed by atoms with E-state index in [0.717, 1.165) is 0 Å². The van der Waals surface area contributed by atoms with Crippen LogP contribution in [0, 0.1) is 0 Å². The fraction of sp³-hybridized carbons (Fsp3) is 0.625. The molecule has 0 radical (unpaired) electrons. The number of alkyl halides is 3. The Morgan fingerprint density at radius 2 is 2.21 bits per heavy atom. The zero-order valence-corrected chi connectivity index (χ0v) is 7.38. The summed E-state index contributed by atoms with van der Waals surface area (Å²) in [5.74, 6) is 0.500. The molecule has 0 aliphatic rings. The number of hydrogen-bond donors (Lipinski definition) is 2. The van der Waals surface area contributed by atoms with E-state index in [9.17, 15) is 18.3 Å². The Morgan fingerprint density at radius 3 is 2.71 bits per heavy atom. The molecule has 1 aromatic heterocycles. The first-order chi connectivity index (χ1) is 6.47. The Hall–Kier alpha value is -1.04. The number of hydrogen-bond acceptors (Lipinski definition) is 2. The average molecular weight is 208 g/mol. The fourth-order valence-electron chi connectivity index (χ4n) is 1.07. The van der Waals surface area contributed by atoms with Gasteiger partial charge in [-0.1, -0.05) is 0 Å². The van der Waals surface area contributed by atoms with E-state index in [-0.39, 0.29) is 12.8 Å². The second-order valence-electron chi connectivity index (χ2n) is 3.05. The lowest BCUT2D eigenvalue weighted by molar-refractivity contribution is -0.139. The molecule has 0 bridgehead atoms. The molecule has 0 amide bonds. The minimum atomic E-state index is -4.20. The number of rotatable bonds is 4. The third-order valence-corrected chi connectivity index (χ3v) is 1.74. The minimum Gasteiger partial charge on any atom is -0.393 e. The van der Waals surface area contributed by atoms with Gasteiger partial charge in [-0.3, -0.25) is 0 Å². The molecular formula is C8H11F3N2O. The van der Waals surface area contributed by atoms with Gasteiger partial charge in [0.1, 0.15) is 5.82 Å². The molecule has 1 atom stereocenters. The summed E-state index contributed by atoms with van der Waals surface area (Å²) in [4.78, 5) is 6.52. The van der Waals surface area contributed by atoms with Gasteiger partial charge in [0.25, 0.3) is 0 Å². The van der Waals surface area contributed by atoms with Gasteiger partial charge in [-0.05, 0) is 6.42 Å². The number of aliphatic hydroxyl groups excluding tert-OH is 1. The normalized spacial score (nSPS) is 14.3. The summed E-state index contributed by atoms with van der Waals surface area (Å²) in [7, 11) is 0. The molecule has 14 heavy (non-hydrogen) atoms. The highest BCUT2D eigenvalue weighted by Crippen LogP contribution is 2.22. The summed E-state index contributed by atoms with van der Waals surface area (Å²) in [6.45, 7) is 0. The van der Waals surface area contributed by atoms with Crippen molar-refractivity contribution >= 4 is 0 Å². The lowest BCUT2D eigenvalue weighted by atomic mass is 10.1. The van der Waals surface area contributed by atoms with E-state index in [2.05, 4.69) is 9.97 Å². The van der Waals surface area contributed by atoms with Crippen molar-refractivity contribution in [3.05, 3.63) is 18.2 Å². The third kappa shape index (κ3) is 4.27. The lowest BCUT2D eigenvalue weighted by Gasteiger charge is -2.10. The summed E-state index contributed by atoms with van der Waals surface area (Å²) in [6, 6.07) is 0. The molecule has 1 rings (SSSR count).